The van der Waals surface area contributed by atoms with Crippen molar-refractivity contribution in [3.63, 3.8) is 0 Å². The standard InChI is InChI=1S/C13H18N2O3S2/c1-2-18-13(17)9-8-19-7-5-15(9)12(16)11(14)10-4-3-6-20-10/h3-4,6,9,11H,2,5,7-8,14H2,1H3. The molecule has 110 valence electrons. The van der Waals surface area contributed by atoms with E-state index in [0.717, 1.165) is 10.6 Å². The summed E-state index contributed by atoms with van der Waals surface area (Å²) in [5.41, 5.74) is 6.01. The summed E-state index contributed by atoms with van der Waals surface area (Å²) < 4.78 is 5.05. The Kier molecular flexibility index (Phi) is 5.45. The van der Waals surface area contributed by atoms with E-state index in [0.29, 0.717) is 18.9 Å². The van der Waals surface area contributed by atoms with Crippen LogP contribution in [0, 0.1) is 0 Å². The molecule has 2 rings (SSSR count). The molecule has 1 aliphatic rings. The molecule has 0 radical (unpaired) electrons. The molecule has 1 fully saturated rings. The van der Waals surface area contributed by atoms with E-state index in [2.05, 4.69) is 0 Å². The van der Waals surface area contributed by atoms with Crippen LogP contribution in [0.5, 0.6) is 0 Å². The number of nitrogens with two attached hydrogens (primary N) is 1. The van der Waals surface area contributed by atoms with Gasteiger partial charge in [-0.05, 0) is 18.4 Å². The van der Waals surface area contributed by atoms with Crippen molar-refractivity contribution in [1.82, 2.24) is 4.90 Å². The molecule has 2 atom stereocenters. The van der Waals surface area contributed by atoms with Crippen molar-refractivity contribution in [2.45, 2.75) is 19.0 Å². The number of amides is 1. The number of carbonyl (C=O) groups excluding carboxylic acids is 2. The van der Waals surface area contributed by atoms with Gasteiger partial charge in [0, 0.05) is 22.9 Å². The highest BCUT2D eigenvalue weighted by Crippen LogP contribution is 2.24. The van der Waals surface area contributed by atoms with Crippen LogP contribution in [-0.2, 0) is 14.3 Å². The molecular weight excluding hydrogens is 296 g/mol. The fraction of sp³-hybridized carbons (Fsp3) is 0.538. The Bertz CT molecular complexity index is 464. The Balaban J connectivity index is 2.11. The number of hydrogen-bond donors (Lipinski definition) is 1. The molecule has 5 nitrogen and oxygen atoms in total. The van der Waals surface area contributed by atoms with Gasteiger partial charge in [-0.25, -0.2) is 4.79 Å². The van der Waals surface area contributed by atoms with Crippen molar-refractivity contribution in [1.29, 1.82) is 0 Å². The first-order valence-electron chi connectivity index (χ1n) is 6.49. The molecule has 1 amide bonds. The summed E-state index contributed by atoms with van der Waals surface area (Å²) in [5, 5.41) is 1.89. The minimum absolute atomic E-state index is 0.203. The van der Waals surface area contributed by atoms with Crippen molar-refractivity contribution < 1.29 is 14.3 Å². The lowest BCUT2D eigenvalue weighted by atomic mass is 10.2. The monoisotopic (exact) mass is 314 g/mol. The third-order valence-corrected chi connectivity index (χ3v) is 5.06. The van der Waals surface area contributed by atoms with Crippen LogP contribution in [-0.4, -0.2) is 47.5 Å². The lowest BCUT2D eigenvalue weighted by Gasteiger charge is -2.35. The van der Waals surface area contributed by atoms with Crippen molar-refractivity contribution in [3.8, 4) is 0 Å². The number of thioether (sulfide) groups is 1. The molecule has 2 unspecified atom stereocenters. The number of rotatable bonds is 4. The molecular formula is C13H18N2O3S2. The molecule has 0 aliphatic carbocycles. The molecule has 0 aromatic carbocycles. The lowest BCUT2D eigenvalue weighted by molar-refractivity contribution is -0.154. The van der Waals surface area contributed by atoms with Crippen LogP contribution in [0.3, 0.4) is 0 Å². The molecule has 0 spiro atoms. The van der Waals surface area contributed by atoms with Crippen LogP contribution in [0.4, 0.5) is 0 Å². The van der Waals surface area contributed by atoms with E-state index in [-0.39, 0.29) is 11.9 Å². The van der Waals surface area contributed by atoms with E-state index in [9.17, 15) is 9.59 Å². The zero-order valence-corrected chi connectivity index (χ0v) is 12.9. The van der Waals surface area contributed by atoms with Gasteiger partial charge in [0.25, 0.3) is 0 Å². The molecule has 7 heteroatoms. The highest BCUT2D eigenvalue weighted by molar-refractivity contribution is 7.99. The second kappa shape index (κ2) is 7.10. The number of carbonyl (C=O) groups is 2. The summed E-state index contributed by atoms with van der Waals surface area (Å²) in [6.45, 7) is 2.61. The molecule has 1 aromatic heterocycles. The summed E-state index contributed by atoms with van der Waals surface area (Å²) in [7, 11) is 0. The summed E-state index contributed by atoms with van der Waals surface area (Å²) in [5.74, 6) is 0.845. The van der Waals surface area contributed by atoms with Crippen LogP contribution in [0.2, 0.25) is 0 Å². The first-order chi connectivity index (χ1) is 9.65. The number of hydrogen-bond acceptors (Lipinski definition) is 6. The van der Waals surface area contributed by atoms with Gasteiger partial charge in [-0.2, -0.15) is 11.8 Å². The Morgan fingerprint density at radius 1 is 1.60 bits per heavy atom. The average molecular weight is 314 g/mol. The largest absolute Gasteiger partial charge is 0.464 e. The fourth-order valence-corrected chi connectivity index (χ4v) is 3.82. The quantitative estimate of drug-likeness (QED) is 0.847. The summed E-state index contributed by atoms with van der Waals surface area (Å²) >= 11 is 3.10. The molecule has 2 heterocycles. The van der Waals surface area contributed by atoms with E-state index in [1.807, 2.05) is 17.5 Å². The molecule has 20 heavy (non-hydrogen) atoms. The van der Waals surface area contributed by atoms with Crippen molar-refractivity contribution in [3.05, 3.63) is 22.4 Å². The fourth-order valence-electron chi connectivity index (χ4n) is 2.07. The van der Waals surface area contributed by atoms with Gasteiger partial charge in [0.15, 0.2) is 0 Å². The van der Waals surface area contributed by atoms with Crippen LogP contribution < -0.4 is 5.73 Å². The van der Waals surface area contributed by atoms with Crippen LogP contribution in [0.15, 0.2) is 17.5 Å². The molecule has 1 aliphatic heterocycles. The SMILES string of the molecule is CCOC(=O)C1CSCCN1C(=O)C(N)c1cccs1. The van der Waals surface area contributed by atoms with Crippen molar-refractivity contribution >= 4 is 35.0 Å². The predicted molar refractivity (Wildman–Crippen MR) is 80.7 cm³/mol. The minimum Gasteiger partial charge on any atom is -0.464 e. The first-order valence-corrected chi connectivity index (χ1v) is 8.52. The zero-order valence-electron chi connectivity index (χ0n) is 11.3. The molecule has 0 bridgehead atoms. The smallest absolute Gasteiger partial charge is 0.329 e. The van der Waals surface area contributed by atoms with Gasteiger partial charge < -0.3 is 15.4 Å². The topological polar surface area (TPSA) is 72.6 Å². The van der Waals surface area contributed by atoms with Crippen LogP contribution in [0.25, 0.3) is 0 Å². The third kappa shape index (κ3) is 3.34. The summed E-state index contributed by atoms with van der Waals surface area (Å²) in [6, 6.07) is 2.48. The third-order valence-electron chi connectivity index (χ3n) is 3.09. The molecule has 1 saturated heterocycles. The van der Waals surface area contributed by atoms with Gasteiger partial charge in [0.05, 0.1) is 6.61 Å². The van der Waals surface area contributed by atoms with E-state index < -0.39 is 12.1 Å². The predicted octanol–water partition coefficient (Wildman–Crippen LogP) is 1.25. The molecule has 1 aromatic rings. The first kappa shape index (κ1) is 15.3. The van der Waals surface area contributed by atoms with Crippen molar-refractivity contribution in [2.24, 2.45) is 5.73 Å². The Labute approximate surface area is 126 Å². The summed E-state index contributed by atoms with van der Waals surface area (Å²) in [6.07, 6.45) is 0. The van der Waals surface area contributed by atoms with Gasteiger partial charge in [0.2, 0.25) is 5.91 Å². The maximum atomic E-state index is 12.5. The van der Waals surface area contributed by atoms with Gasteiger partial charge in [-0.1, -0.05) is 6.07 Å². The number of nitrogens with zero attached hydrogens (tertiary/aromatic N) is 1. The van der Waals surface area contributed by atoms with Crippen LogP contribution in [0.1, 0.15) is 17.8 Å². The normalized spacial score (nSPS) is 20.5. The number of ether oxygens (including phenoxy) is 1. The molecule has 0 saturated carbocycles. The highest BCUT2D eigenvalue weighted by atomic mass is 32.2. The van der Waals surface area contributed by atoms with E-state index >= 15 is 0 Å². The number of thiophene rings is 1. The Morgan fingerprint density at radius 3 is 3.05 bits per heavy atom. The highest BCUT2D eigenvalue weighted by Gasteiger charge is 2.36. The van der Waals surface area contributed by atoms with Gasteiger partial charge in [-0.3, -0.25) is 4.79 Å². The summed E-state index contributed by atoms with van der Waals surface area (Å²) in [4.78, 5) is 26.8. The zero-order chi connectivity index (χ0) is 14.5. The van der Waals surface area contributed by atoms with Crippen molar-refractivity contribution in [2.75, 3.05) is 24.7 Å². The maximum absolute atomic E-state index is 12.5. The van der Waals surface area contributed by atoms with E-state index in [1.54, 1.807) is 23.6 Å². The second-order valence-electron chi connectivity index (χ2n) is 4.37. The second-order valence-corrected chi connectivity index (χ2v) is 6.50. The molecule has 2 N–H and O–H groups in total. The number of esters is 1. The van der Waals surface area contributed by atoms with Gasteiger partial charge in [0.1, 0.15) is 12.1 Å². The average Bonchev–Trinajstić information content (AvgIpc) is 3.00. The lowest BCUT2D eigenvalue weighted by Crippen LogP contribution is -2.53. The Morgan fingerprint density at radius 2 is 2.40 bits per heavy atom. The van der Waals surface area contributed by atoms with Crippen LogP contribution >= 0.6 is 23.1 Å². The Hall–Kier alpha value is -1.05. The maximum Gasteiger partial charge on any atom is 0.329 e. The van der Waals surface area contributed by atoms with Gasteiger partial charge in [-0.15, -0.1) is 11.3 Å². The minimum atomic E-state index is -0.699. The van der Waals surface area contributed by atoms with E-state index in [1.165, 1.54) is 11.3 Å². The van der Waals surface area contributed by atoms with Gasteiger partial charge >= 0.3 is 5.97 Å². The van der Waals surface area contributed by atoms with E-state index in [4.69, 9.17) is 10.5 Å².